The molecule has 3 rings (SSSR count). The number of sulfonamides is 1. The van der Waals surface area contributed by atoms with Gasteiger partial charge in [0.15, 0.2) is 0 Å². The van der Waals surface area contributed by atoms with Crippen molar-refractivity contribution in [3.05, 3.63) is 5.82 Å². The topological polar surface area (TPSA) is 90.9 Å². The first-order chi connectivity index (χ1) is 10.0. The molecular weight excluding hydrogens is 288 g/mol. The highest BCUT2D eigenvalue weighted by Gasteiger charge is 2.35. The fourth-order valence-electron chi connectivity index (χ4n) is 4.22. The van der Waals surface area contributed by atoms with Crippen LogP contribution in [-0.4, -0.2) is 23.2 Å². The lowest BCUT2D eigenvalue weighted by Gasteiger charge is -2.39. The lowest BCUT2D eigenvalue weighted by Crippen LogP contribution is -2.28. The van der Waals surface area contributed by atoms with Crippen LogP contribution < -0.4 is 5.14 Å². The van der Waals surface area contributed by atoms with Crippen molar-refractivity contribution in [3.63, 3.8) is 0 Å². The van der Waals surface area contributed by atoms with Crippen molar-refractivity contribution in [3.8, 4) is 0 Å². The number of primary sulfonamides is 1. The first-order valence-corrected chi connectivity index (χ1v) is 9.51. The molecule has 6 nitrogen and oxygen atoms in total. The van der Waals surface area contributed by atoms with Crippen molar-refractivity contribution in [1.29, 1.82) is 0 Å². The van der Waals surface area contributed by atoms with E-state index in [2.05, 4.69) is 10.2 Å². The van der Waals surface area contributed by atoms with E-state index >= 15 is 0 Å². The van der Waals surface area contributed by atoms with Crippen molar-refractivity contribution in [2.45, 2.75) is 69.5 Å². The molecule has 2 N–H and O–H groups in total. The van der Waals surface area contributed by atoms with Gasteiger partial charge < -0.3 is 4.57 Å². The summed E-state index contributed by atoms with van der Waals surface area (Å²) in [6.07, 6.45) is 8.81. The van der Waals surface area contributed by atoms with Gasteiger partial charge in [-0.15, -0.1) is 10.2 Å². The minimum Gasteiger partial charge on any atom is -0.301 e. The van der Waals surface area contributed by atoms with Gasteiger partial charge in [-0.25, -0.2) is 13.6 Å². The molecule has 2 aliphatic carbocycles. The highest BCUT2D eigenvalue weighted by atomic mass is 32.2. The first-order valence-electron chi connectivity index (χ1n) is 7.96. The van der Waals surface area contributed by atoms with Crippen LogP contribution in [0.3, 0.4) is 0 Å². The predicted molar refractivity (Wildman–Crippen MR) is 79.1 cm³/mol. The summed E-state index contributed by atoms with van der Waals surface area (Å²) in [4.78, 5) is 0. The van der Waals surface area contributed by atoms with Gasteiger partial charge in [-0.3, -0.25) is 0 Å². The molecule has 1 aromatic rings. The number of nitrogens with two attached hydrogens (primary N) is 1. The maximum absolute atomic E-state index is 11.6. The Balaban J connectivity index is 1.86. The Morgan fingerprint density at radius 1 is 1.14 bits per heavy atom. The van der Waals surface area contributed by atoms with E-state index in [1.165, 1.54) is 32.1 Å². The van der Waals surface area contributed by atoms with Crippen molar-refractivity contribution >= 4 is 10.0 Å². The Morgan fingerprint density at radius 3 is 2.52 bits per heavy atom. The van der Waals surface area contributed by atoms with Crippen molar-refractivity contribution < 1.29 is 8.42 Å². The smallest absolute Gasteiger partial charge is 0.273 e. The Labute approximate surface area is 126 Å². The van der Waals surface area contributed by atoms with Gasteiger partial charge in [0.05, 0.1) is 0 Å². The van der Waals surface area contributed by atoms with Crippen LogP contribution in [0.4, 0.5) is 0 Å². The summed E-state index contributed by atoms with van der Waals surface area (Å²) in [6, 6.07) is 0. The molecule has 2 aliphatic rings. The molecule has 0 amide bonds. The second-order valence-electron chi connectivity index (χ2n) is 6.44. The van der Waals surface area contributed by atoms with E-state index in [-0.39, 0.29) is 5.16 Å². The van der Waals surface area contributed by atoms with Crippen molar-refractivity contribution in [2.75, 3.05) is 0 Å². The maximum atomic E-state index is 11.6. The third-order valence-corrected chi connectivity index (χ3v) is 6.03. The molecule has 1 aromatic heterocycles. The van der Waals surface area contributed by atoms with Crippen molar-refractivity contribution in [2.24, 2.45) is 17.0 Å². The van der Waals surface area contributed by atoms with E-state index in [0.29, 0.717) is 12.5 Å². The van der Waals surface area contributed by atoms with Crippen LogP contribution in [-0.2, 0) is 16.6 Å². The summed E-state index contributed by atoms with van der Waals surface area (Å²) in [6.45, 7) is 2.45. The number of rotatable bonds is 3. The molecule has 2 fully saturated rings. The minimum absolute atomic E-state index is 0.0919. The second kappa shape index (κ2) is 5.68. The molecule has 1 heterocycles. The van der Waals surface area contributed by atoms with Crippen molar-refractivity contribution in [1.82, 2.24) is 14.8 Å². The minimum atomic E-state index is -3.80. The lowest BCUT2D eigenvalue weighted by molar-refractivity contribution is 0.151. The van der Waals surface area contributed by atoms with E-state index in [1.54, 1.807) is 4.57 Å². The van der Waals surface area contributed by atoms with E-state index in [4.69, 9.17) is 5.14 Å². The summed E-state index contributed by atoms with van der Waals surface area (Å²) in [7, 11) is -3.80. The van der Waals surface area contributed by atoms with Gasteiger partial charge in [-0.05, 0) is 38.0 Å². The highest BCUT2D eigenvalue weighted by molar-refractivity contribution is 7.89. The average molecular weight is 312 g/mol. The van der Waals surface area contributed by atoms with Crippen LogP contribution in [0.5, 0.6) is 0 Å². The Morgan fingerprint density at radius 2 is 1.86 bits per heavy atom. The van der Waals surface area contributed by atoms with Gasteiger partial charge in [-0.2, -0.15) is 0 Å². The number of aromatic nitrogens is 3. The fourth-order valence-corrected chi connectivity index (χ4v) is 4.90. The molecule has 0 saturated heterocycles. The SMILES string of the molecule is CCn1c(C2CCC3CCCCC3C2)nnc1S(N)(=O)=O. The molecule has 7 heteroatoms. The Kier molecular flexibility index (Phi) is 4.05. The van der Waals surface area contributed by atoms with Gasteiger partial charge in [0, 0.05) is 12.5 Å². The third-order valence-electron chi connectivity index (χ3n) is 5.22. The summed E-state index contributed by atoms with van der Waals surface area (Å²) in [5, 5.41) is 13.1. The number of fused-ring (bicyclic) bond motifs is 1. The standard InChI is InChI=1S/C14H24N4O2S/c1-2-18-13(16-17-14(18)21(15,19)20)12-8-7-10-5-3-4-6-11(10)9-12/h10-12H,2-9H2,1H3,(H2,15,19,20). The van der Waals surface area contributed by atoms with E-state index in [1.807, 2.05) is 6.92 Å². The molecule has 0 aromatic carbocycles. The monoisotopic (exact) mass is 312 g/mol. The number of nitrogens with zero attached hydrogens (tertiary/aromatic N) is 3. The first kappa shape index (κ1) is 15.0. The summed E-state index contributed by atoms with van der Waals surface area (Å²) < 4.78 is 24.9. The molecule has 0 bridgehead atoms. The zero-order valence-corrected chi connectivity index (χ0v) is 13.3. The molecule has 3 atom stereocenters. The van der Waals surface area contributed by atoms with Gasteiger partial charge >= 0.3 is 0 Å². The van der Waals surface area contributed by atoms with Gasteiger partial charge in [-0.1, -0.05) is 25.7 Å². The molecule has 0 aliphatic heterocycles. The highest BCUT2D eigenvalue weighted by Crippen LogP contribution is 2.45. The fraction of sp³-hybridized carbons (Fsp3) is 0.857. The van der Waals surface area contributed by atoms with Crippen LogP contribution in [0.2, 0.25) is 0 Å². The zero-order valence-electron chi connectivity index (χ0n) is 12.5. The molecule has 21 heavy (non-hydrogen) atoms. The predicted octanol–water partition coefficient (Wildman–Crippen LogP) is 2.02. The summed E-state index contributed by atoms with van der Waals surface area (Å²) >= 11 is 0. The zero-order chi connectivity index (χ0) is 15.0. The second-order valence-corrected chi connectivity index (χ2v) is 7.90. The van der Waals surface area contributed by atoms with Gasteiger partial charge in [0.25, 0.3) is 15.2 Å². The average Bonchev–Trinajstić information content (AvgIpc) is 2.90. The Bertz CT molecular complexity index is 610. The van der Waals surface area contributed by atoms with Crippen LogP contribution in [0, 0.1) is 11.8 Å². The van der Waals surface area contributed by atoms with Crippen LogP contribution >= 0.6 is 0 Å². The van der Waals surface area contributed by atoms with Gasteiger partial charge in [0.2, 0.25) is 0 Å². The van der Waals surface area contributed by atoms with E-state index < -0.39 is 10.0 Å². The normalized spacial score (nSPS) is 30.1. The summed E-state index contributed by atoms with van der Waals surface area (Å²) in [5.41, 5.74) is 0. The quantitative estimate of drug-likeness (QED) is 0.924. The van der Waals surface area contributed by atoms with Crippen LogP contribution in [0.25, 0.3) is 0 Å². The number of hydrogen-bond donors (Lipinski definition) is 1. The third kappa shape index (κ3) is 2.85. The summed E-state index contributed by atoms with van der Waals surface area (Å²) in [5.74, 6) is 2.78. The van der Waals surface area contributed by atoms with Crippen LogP contribution in [0.1, 0.15) is 63.6 Å². The van der Waals surface area contributed by atoms with Gasteiger partial charge in [0.1, 0.15) is 5.82 Å². The largest absolute Gasteiger partial charge is 0.301 e. The van der Waals surface area contributed by atoms with E-state index in [9.17, 15) is 8.42 Å². The molecule has 0 radical (unpaired) electrons. The van der Waals surface area contributed by atoms with Crippen LogP contribution in [0.15, 0.2) is 5.16 Å². The molecule has 2 saturated carbocycles. The molecule has 0 spiro atoms. The Hall–Kier alpha value is -0.950. The lowest BCUT2D eigenvalue weighted by atomic mass is 9.67. The molecule has 118 valence electrons. The maximum Gasteiger partial charge on any atom is 0.273 e. The van der Waals surface area contributed by atoms with E-state index in [0.717, 1.165) is 30.5 Å². The molecular formula is C14H24N4O2S. The molecule has 3 unspecified atom stereocenters. The number of hydrogen-bond acceptors (Lipinski definition) is 4.